The Bertz CT molecular complexity index is 349. The van der Waals surface area contributed by atoms with Crippen molar-refractivity contribution in [2.75, 3.05) is 0 Å². The molecule has 1 heterocycles. The molecule has 2 unspecified atom stereocenters. The maximum absolute atomic E-state index is 6.30. The van der Waals surface area contributed by atoms with Crippen LogP contribution in [0.1, 0.15) is 63.0 Å². The molecular formula is C14H25N3. The number of rotatable bonds is 6. The lowest BCUT2D eigenvalue weighted by Crippen LogP contribution is -2.17. The highest BCUT2D eigenvalue weighted by atomic mass is 15.1. The maximum atomic E-state index is 6.30. The molecule has 0 radical (unpaired) electrons. The first kappa shape index (κ1) is 14.1. The van der Waals surface area contributed by atoms with Crippen molar-refractivity contribution >= 4 is 0 Å². The number of aryl methyl sites for hydroxylation is 2. The van der Waals surface area contributed by atoms with Crippen LogP contribution < -0.4 is 5.73 Å². The Hall–Kier alpha value is -0.960. The Morgan fingerprint density at radius 1 is 1.29 bits per heavy atom. The van der Waals surface area contributed by atoms with E-state index in [1.165, 1.54) is 18.4 Å². The summed E-state index contributed by atoms with van der Waals surface area (Å²) in [6.07, 6.45) is 4.40. The quantitative estimate of drug-likeness (QED) is 0.824. The highest BCUT2D eigenvalue weighted by molar-refractivity contribution is 5.24. The zero-order valence-electron chi connectivity index (χ0n) is 11.5. The third-order valence-electron chi connectivity index (χ3n) is 3.20. The van der Waals surface area contributed by atoms with E-state index in [1.807, 2.05) is 6.92 Å². The molecule has 1 aromatic heterocycles. The number of aromatic nitrogens is 2. The van der Waals surface area contributed by atoms with E-state index in [4.69, 9.17) is 5.73 Å². The predicted octanol–water partition coefficient (Wildman–Crippen LogP) is 3.17. The number of hydrogen-bond acceptors (Lipinski definition) is 3. The lowest BCUT2D eigenvalue weighted by molar-refractivity contribution is 0.438. The summed E-state index contributed by atoms with van der Waals surface area (Å²) in [5.74, 6) is 0.674. The fourth-order valence-corrected chi connectivity index (χ4v) is 2.30. The molecule has 0 aliphatic carbocycles. The smallest absolute Gasteiger partial charge is 0.0676 e. The van der Waals surface area contributed by atoms with E-state index in [0.29, 0.717) is 5.92 Å². The number of hydrogen-bond donors (Lipinski definition) is 1. The van der Waals surface area contributed by atoms with Crippen LogP contribution in [0.2, 0.25) is 0 Å². The molecule has 3 nitrogen and oxygen atoms in total. The zero-order valence-corrected chi connectivity index (χ0v) is 11.5. The molecular weight excluding hydrogens is 210 g/mol. The molecule has 0 saturated heterocycles. The Morgan fingerprint density at radius 3 is 2.59 bits per heavy atom. The minimum atomic E-state index is 0.0979. The van der Waals surface area contributed by atoms with Gasteiger partial charge in [0.25, 0.3) is 0 Å². The Kier molecular flexibility index (Phi) is 5.56. The van der Waals surface area contributed by atoms with Gasteiger partial charge in [-0.2, -0.15) is 10.2 Å². The molecule has 17 heavy (non-hydrogen) atoms. The molecule has 0 saturated carbocycles. The maximum Gasteiger partial charge on any atom is 0.0676 e. The summed E-state index contributed by atoms with van der Waals surface area (Å²) in [4.78, 5) is 0. The second-order valence-corrected chi connectivity index (χ2v) is 4.98. The first-order valence-electron chi connectivity index (χ1n) is 6.67. The molecule has 0 spiro atoms. The fourth-order valence-electron chi connectivity index (χ4n) is 2.30. The van der Waals surface area contributed by atoms with Crippen LogP contribution in [0.25, 0.3) is 0 Å². The van der Waals surface area contributed by atoms with Gasteiger partial charge in [0.05, 0.1) is 11.4 Å². The monoisotopic (exact) mass is 235 g/mol. The van der Waals surface area contributed by atoms with Crippen LogP contribution in [0.5, 0.6) is 0 Å². The highest BCUT2D eigenvalue weighted by Gasteiger charge is 2.15. The average molecular weight is 235 g/mol. The minimum Gasteiger partial charge on any atom is -0.324 e. The largest absolute Gasteiger partial charge is 0.324 e. The SMILES string of the molecule is CCCC(C)CC(N)c1cc(C)nnc1CC. The molecule has 2 atom stereocenters. The molecule has 96 valence electrons. The van der Waals surface area contributed by atoms with Crippen LogP contribution in [0.4, 0.5) is 0 Å². The lowest BCUT2D eigenvalue weighted by Gasteiger charge is -2.19. The van der Waals surface area contributed by atoms with Crippen LogP contribution >= 0.6 is 0 Å². The van der Waals surface area contributed by atoms with Crippen molar-refractivity contribution in [2.45, 2.75) is 59.4 Å². The second kappa shape index (κ2) is 6.70. The number of nitrogens with two attached hydrogens (primary N) is 1. The van der Waals surface area contributed by atoms with E-state index < -0.39 is 0 Å². The van der Waals surface area contributed by atoms with Crippen molar-refractivity contribution in [3.05, 3.63) is 23.0 Å². The lowest BCUT2D eigenvalue weighted by atomic mass is 9.92. The third kappa shape index (κ3) is 4.08. The van der Waals surface area contributed by atoms with E-state index in [2.05, 4.69) is 37.0 Å². The van der Waals surface area contributed by atoms with Gasteiger partial charge in [0, 0.05) is 6.04 Å². The van der Waals surface area contributed by atoms with Gasteiger partial charge < -0.3 is 5.73 Å². The van der Waals surface area contributed by atoms with Gasteiger partial charge in [0.2, 0.25) is 0 Å². The molecule has 0 fully saturated rings. The minimum absolute atomic E-state index is 0.0979. The molecule has 3 heteroatoms. The Balaban J connectivity index is 2.79. The molecule has 0 aliphatic heterocycles. The van der Waals surface area contributed by atoms with Crippen molar-refractivity contribution in [2.24, 2.45) is 11.7 Å². The molecule has 0 aliphatic rings. The van der Waals surface area contributed by atoms with Crippen molar-refractivity contribution in [3.8, 4) is 0 Å². The summed E-state index contributed by atoms with van der Waals surface area (Å²) in [5.41, 5.74) is 9.49. The van der Waals surface area contributed by atoms with E-state index >= 15 is 0 Å². The van der Waals surface area contributed by atoms with E-state index in [9.17, 15) is 0 Å². The molecule has 2 N–H and O–H groups in total. The summed E-state index contributed by atoms with van der Waals surface area (Å²) in [7, 11) is 0. The van der Waals surface area contributed by atoms with Gasteiger partial charge in [-0.1, -0.05) is 33.6 Å². The summed E-state index contributed by atoms with van der Waals surface area (Å²) in [6.45, 7) is 8.57. The van der Waals surface area contributed by atoms with Crippen LogP contribution in [-0.4, -0.2) is 10.2 Å². The van der Waals surface area contributed by atoms with Crippen molar-refractivity contribution in [3.63, 3.8) is 0 Å². The van der Waals surface area contributed by atoms with Gasteiger partial charge in [0.1, 0.15) is 0 Å². The average Bonchev–Trinajstić information content (AvgIpc) is 2.29. The van der Waals surface area contributed by atoms with E-state index in [0.717, 1.165) is 24.2 Å². The second-order valence-electron chi connectivity index (χ2n) is 4.98. The van der Waals surface area contributed by atoms with Crippen LogP contribution in [0.15, 0.2) is 6.07 Å². The molecule has 1 rings (SSSR count). The van der Waals surface area contributed by atoms with Crippen LogP contribution in [0, 0.1) is 12.8 Å². The standard InChI is InChI=1S/C14H25N3/c1-5-7-10(3)8-13(15)12-9-11(4)16-17-14(12)6-2/h9-10,13H,5-8,15H2,1-4H3. The van der Waals surface area contributed by atoms with Crippen molar-refractivity contribution < 1.29 is 0 Å². The number of nitrogens with zero attached hydrogens (tertiary/aromatic N) is 2. The van der Waals surface area contributed by atoms with Crippen LogP contribution in [0.3, 0.4) is 0 Å². The summed E-state index contributed by atoms with van der Waals surface area (Å²) in [5, 5.41) is 8.34. The summed E-state index contributed by atoms with van der Waals surface area (Å²) >= 11 is 0. The predicted molar refractivity (Wildman–Crippen MR) is 71.8 cm³/mol. The third-order valence-corrected chi connectivity index (χ3v) is 3.20. The first-order valence-corrected chi connectivity index (χ1v) is 6.67. The zero-order chi connectivity index (χ0) is 12.8. The highest BCUT2D eigenvalue weighted by Crippen LogP contribution is 2.24. The van der Waals surface area contributed by atoms with Gasteiger partial charge >= 0.3 is 0 Å². The van der Waals surface area contributed by atoms with E-state index in [1.54, 1.807) is 0 Å². The van der Waals surface area contributed by atoms with Crippen LogP contribution in [-0.2, 0) is 6.42 Å². The molecule has 0 amide bonds. The molecule has 0 aromatic carbocycles. The van der Waals surface area contributed by atoms with E-state index in [-0.39, 0.29) is 6.04 Å². The molecule has 1 aromatic rings. The first-order chi connectivity index (χ1) is 8.08. The fraction of sp³-hybridized carbons (Fsp3) is 0.714. The van der Waals surface area contributed by atoms with Crippen molar-refractivity contribution in [1.29, 1.82) is 0 Å². The topological polar surface area (TPSA) is 51.8 Å². The van der Waals surface area contributed by atoms with Crippen molar-refractivity contribution in [1.82, 2.24) is 10.2 Å². The normalized spacial score (nSPS) is 14.6. The molecule has 0 bridgehead atoms. The summed E-state index contributed by atoms with van der Waals surface area (Å²) < 4.78 is 0. The van der Waals surface area contributed by atoms with Gasteiger partial charge in [-0.25, -0.2) is 0 Å². The van der Waals surface area contributed by atoms with Gasteiger partial charge in [0.15, 0.2) is 0 Å². The van der Waals surface area contributed by atoms with Gasteiger partial charge in [-0.15, -0.1) is 0 Å². The summed E-state index contributed by atoms with van der Waals surface area (Å²) in [6, 6.07) is 2.19. The Morgan fingerprint density at radius 2 is 2.00 bits per heavy atom. The van der Waals surface area contributed by atoms with Gasteiger partial charge in [-0.3, -0.25) is 0 Å². The van der Waals surface area contributed by atoms with Gasteiger partial charge in [-0.05, 0) is 37.3 Å². The Labute approximate surface area is 105 Å².